The molecule has 1 N–H and O–H groups in total. The number of rotatable bonds is 8. The molecule has 0 aliphatic rings. The Bertz CT molecular complexity index is 349. The molecule has 0 bridgehead atoms. The van der Waals surface area contributed by atoms with Crippen LogP contribution in [0.4, 0.5) is 0 Å². The van der Waals surface area contributed by atoms with Gasteiger partial charge in [0.05, 0.1) is 0 Å². The normalized spacial score (nSPS) is 12.7. The molecule has 1 unspecified atom stereocenters. The summed E-state index contributed by atoms with van der Waals surface area (Å²) in [4.78, 5) is 1.39. The molecule has 0 amide bonds. The van der Waals surface area contributed by atoms with Crippen LogP contribution >= 0.6 is 11.8 Å². The minimum atomic E-state index is 0.633. The molecule has 0 aliphatic carbocycles. The van der Waals surface area contributed by atoms with Crippen molar-refractivity contribution in [3.05, 3.63) is 29.3 Å². The van der Waals surface area contributed by atoms with Gasteiger partial charge in [0.15, 0.2) is 0 Å². The van der Waals surface area contributed by atoms with E-state index < -0.39 is 0 Å². The number of benzene rings is 1. The number of nitrogens with one attached hydrogen (secondary N) is 1. The first-order valence-corrected chi connectivity index (χ1v) is 7.96. The quantitative estimate of drug-likeness (QED) is 0.546. The summed E-state index contributed by atoms with van der Waals surface area (Å²) in [6, 6.07) is 6.76. The van der Waals surface area contributed by atoms with Crippen molar-refractivity contribution in [2.45, 2.75) is 57.1 Å². The van der Waals surface area contributed by atoms with Gasteiger partial charge in [0, 0.05) is 16.7 Å². The van der Waals surface area contributed by atoms with Crippen molar-refractivity contribution in [2.24, 2.45) is 0 Å². The summed E-state index contributed by atoms with van der Waals surface area (Å²) in [5.41, 5.74) is 2.77. The lowest BCUT2D eigenvalue weighted by molar-refractivity contribution is 0.616. The van der Waals surface area contributed by atoms with Crippen molar-refractivity contribution in [3.63, 3.8) is 0 Å². The molecule has 1 aromatic carbocycles. The van der Waals surface area contributed by atoms with Crippen molar-refractivity contribution < 1.29 is 0 Å². The number of hydrogen-bond acceptors (Lipinski definition) is 2. The van der Waals surface area contributed by atoms with E-state index in [0.29, 0.717) is 5.25 Å². The monoisotopic (exact) mass is 265 g/mol. The molecule has 18 heavy (non-hydrogen) atoms. The third kappa shape index (κ3) is 5.92. The van der Waals surface area contributed by atoms with Gasteiger partial charge in [0.1, 0.15) is 0 Å². The Labute approximate surface area is 117 Å². The predicted molar refractivity (Wildman–Crippen MR) is 83.6 cm³/mol. The van der Waals surface area contributed by atoms with Crippen molar-refractivity contribution in [2.75, 3.05) is 13.1 Å². The molecule has 0 heterocycles. The van der Waals surface area contributed by atoms with E-state index in [-0.39, 0.29) is 0 Å². The first-order chi connectivity index (χ1) is 8.63. The number of unbranched alkanes of at least 4 members (excludes halogenated alkanes) is 2. The van der Waals surface area contributed by atoms with Crippen LogP contribution in [0, 0.1) is 13.8 Å². The van der Waals surface area contributed by atoms with Crippen LogP contribution in [0.1, 0.15) is 44.2 Å². The fraction of sp³-hybridized carbons (Fsp3) is 0.625. The standard InChI is InChI=1S/C16H27NS/c1-5-6-7-10-17-12-15(4)18-16-9-8-13(2)14(3)11-16/h8-9,11,15,17H,5-7,10,12H2,1-4H3. The highest BCUT2D eigenvalue weighted by atomic mass is 32.2. The van der Waals surface area contributed by atoms with Gasteiger partial charge in [0.25, 0.3) is 0 Å². The molecule has 1 nitrogen and oxygen atoms in total. The number of aryl methyl sites for hydroxylation is 2. The Hall–Kier alpha value is -0.470. The van der Waals surface area contributed by atoms with E-state index in [4.69, 9.17) is 0 Å². The maximum atomic E-state index is 3.55. The number of hydrogen-bond donors (Lipinski definition) is 1. The Morgan fingerprint density at radius 3 is 2.61 bits per heavy atom. The van der Waals surface area contributed by atoms with Crippen molar-refractivity contribution >= 4 is 11.8 Å². The molecule has 102 valence electrons. The summed E-state index contributed by atoms with van der Waals surface area (Å²) >= 11 is 1.97. The molecular weight excluding hydrogens is 238 g/mol. The Morgan fingerprint density at radius 2 is 1.94 bits per heavy atom. The minimum Gasteiger partial charge on any atom is -0.316 e. The van der Waals surface area contributed by atoms with Crippen molar-refractivity contribution in [3.8, 4) is 0 Å². The first kappa shape index (κ1) is 15.6. The van der Waals surface area contributed by atoms with E-state index in [1.807, 2.05) is 11.8 Å². The summed E-state index contributed by atoms with van der Waals surface area (Å²) in [6.45, 7) is 11.2. The Balaban J connectivity index is 2.26. The maximum Gasteiger partial charge on any atom is 0.0191 e. The molecule has 0 fully saturated rings. The van der Waals surface area contributed by atoms with E-state index >= 15 is 0 Å². The van der Waals surface area contributed by atoms with Gasteiger partial charge in [-0.1, -0.05) is 32.8 Å². The second kappa shape index (κ2) is 8.60. The van der Waals surface area contributed by atoms with Crippen LogP contribution in [0.2, 0.25) is 0 Å². The predicted octanol–water partition coefficient (Wildman–Crippen LogP) is 4.56. The average molecular weight is 265 g/mol. The molecule has 0 saturated carbocycles. The SMILES string of the molecule is CCCCCNCC(C)Sc1ccc(C)c(C)c1. The molecule has 0 spiro atoms. The smallest absolute Gasteiger partial charge is 0.0191 e. The van der Waals surface area contributed by atoms with Gasteiger partial charge in [-0.15, -0.1) is 11.8 Å². The van der Waals surface area contributed by atoms with Crippen LogP contribution in [0.15, 0.2) is 23.1 Å². The lowest BCUT2D eigenvalue weighted by Crippen LogP contribution is -2.23. The third-order valence-corrected chi connectivity index (χ3v) is 4.30. The number of thioether (sulfide) groups is 1. The summed E-state index contributed by atoms with van der Waals surface area (Å²) in [6.07, 6.45) is 3.94. The highest BCUT2D eigenvalue weighted by Gasteiger charge is 2.04. The summed E-state index contributed by atoms with van der Waals surface area (Å²) in [7, 11) is 0. The second-order valence-corrected chi connectivity index (χ2v) is 6.60. The van der Waals surface area contributed by atoms with Gasteiger partial charge < -0.3 is 5.32 Å². The Kier molecular flexibility index (Phi) is 7.45. The highest BCUT2D eigenvalue weighted by Crippen LogP contribution is 2.24. The molecule has 1 atom stereocenters. The maximum absolute atomic E-state index is 3.55. The second-order valence-electron chi connectivity index (χ2n) is 5.09. The summed E-state index contributed by atoms with van der Waals surface area (Å²) in [5, 5.41) is 4.18. The fourth-order valence-corrected chi connectivity index (χ4v) is 2.92. The molecule has 0 saturated heterocycles. The van der Waals surface area contributed by atoms with Gasteiger partial charge in [-0.25, -0.2) is 0 Å². The first-order valence-electron chi connectivity index (χ1n) is 7.08. The van der Waals surface area contributed by atoms with Crippen molar-refractivity contribution in [1.82, 2.24) is 5.32 Å². The van der Waals surface area contributed by atoms with Gasteiger partial charge in [0.2, 0.25) is 0 Å². The third-order valence-electron chi connectivity index (χ3n) is 3.20. The van der Waals surface area contributed by atoms with Crippen LogP contribution in [0.25, 0.3) is 0 Å². The topological polar surface area (TPSA) is 12.0 Å². The van der Waals surface area contributed by atoms with E-state index in [2.05, 4.69) is 51.2 Å². The zero-order valence-electron chi connectivity index (χ0n) is 12.3. The molecule has 2 heteroatoms. The fourth-order valence-electron chi connectivity index (χ4n) is 1.87. The molecule has 0 aliphatic heterocycles. The average Bonchev–Trinajstić information content (AvgIpc) is 2.34. The lowest BCUT2D eigenvalue weighted by Gasteiger charge is -2.13. The van der Waals surface area contributed by atoms with E-state index in [1.54, 1.807) is 0 Å². The Morgan fingerprint density at radius 1 is 1.17 bits per heavy atom. The van der Waals surface area contributed by atoms with Crippen molar-refractivity contribution in [1.29, 1.82) is 0 Å². The highest BCUT2D eigenvalue weighted by molar-refractivity contribution is 8.00. The van der Waals surface area contributed by atoms with E-state index in [9.17, 15) is 0 Å². The zero-order chi connectivity index (χ0) is 13.4. The van der Waals surface area contributed by atoms with Crippen LogP contribution in [0.5, 0.6) is 0 Å². The summed E-state index contributed by atoms with van der Waals surface area (Å²) in [5.74, 6) is 0. The zero-order valence-corrected chi connectivity index (χ0v) is 13.1. The van der Waals surface area contributed by atoms with Gasteiger partial charge in [-0.05, 0) is 50.1 Å². The molecule has 1 rings (SSSR count). The molecular formula is C16H27NS. The van der Waals surface area contributed by atoms with Crippen LogP contribution < -0.4 is 5.32 Å². The van der Waals surface area contributed by atoms with Crippen LogP contribution in [-0.2, 0) is 0 Å². The van der Waals surface area contributed by atoms with E-state index in [1.165, 1.54) is 35.3 Å². The molecule has 0 radical (unpaired) electrons. The minimum absolute atomic E-state index is 0.633. The van der Waals surface area contributed by atoms with Crippen LogP contribution in [0.3, 0.4) is 0 Å². The lowest BCUT2D eigenvalue weighted by atomic mass is 10.1. The largest absolute Gasteiger partial charge is 0.316 e. The van der Waals surface area contributed by atoms with E-state index in [0.717, 1.165) is 13.1 Å². The molecule has 1 aromatic rings. The molecule has 0 aromatic heterocycles. The summed E-state index contributed by atoms with van der Waals surface area (Å²) < 4.78 is 0. The van der Waals surface area contributed by atoms with Gasteiger partial charge in [-0.2, -0.15) is 0 Å². The van der Waals surface area contributed by atoms with Crippen LogP contribution in [-0.4, -0.2) is 18.3 Å². The van der Waals surface area contributed by atoms with Gasteiger partial charge >= 0.3 is 0 Å². The van der Waals surface area contributed by atoms with Gasteiger partial charge in [-0.3, -0.25) is 0 Å².